The summed E-state index contributed by atoms with van der Waals surface area (Å²) < 4.78 is 46.0. The van der Waals surface area contributed by atoms with Gasteiger partial charge in [0.1, 0.15) is 18.5 Å². The van der Waals surface area contributed by atoms with E-state index in [1.807, 2.05) is 19.1 Å². The number of hydrogen-bond acceptors (Lipinski definition) is 3. The van der Waals surface area contributed by atoms with Crippen LogP contribution >= 0.6 is 0 Å². The molecule has 0 saturated carbocycles. The number of alkyl halides is 3. The van der Waals surface area contributed by atoms with Gasteiger partial charge in [-0.05, 0) is 26.8 Å². The third-order valence-corrected chi connectivity index (χ3v) is 3.08. The molecule has 0 bridgehead atoms. The molecule has 1 rings (SSSR count). The fourth-order valence-electron chi connectivity index (χ4n) is 1.90. The van der Waals surface area contributed by atoms with Gasteiger partial charge in [-0.3, -0.25) is 4.79 Å². The molecular formula is C15H20F3NO3. The Hall–Kier alpha value is -1.76. The van der Waals surface area contributed by atoms with Crippen LogP contribution in [0.25, 0.3) is 0 Å². The summed E-state index contributed by atoms with van der Waals surface area (Å²) in [6.07, 6.45) is -5.65. The van der Waals surface area contributed by atoms with Crippen LogP contribution in [0.1, 0.15) is 31.0 Å². The van der Waals surface area contributed by atoms with Crippen molar-refractivity contribution in [3.05, 3.63) is 29.3 Å². The monoisotopic (exact) mass is 319 g/mol. The van der Waals surface area contributed by atoms with Gasteiger partial charge < -0.3 is 14.8 Å². The first-order valence-corrected chi connectivity index (χ1v) is 6.77. The number of ether oxygens (including phenoxy) is 2. The first kappa shape index (κ1) is 18.3. The van der Waals surface area contributed by atoms with Gasteiger partial charge in [0.25, 0.3) is 0 Å². The maximum Gasteiger partial charge on any atom is 0.411 e. The number of nitrogens with one attached hydrogen (secondary N) is 1. The molecule has 7 heteroatoms. The molecule has 1 aromatic rings. The van der Waals surface area contributed by atoms with Crippen LogP contribution in [0.5, 0.6) is 5.75 Å². The van der Waals surface area contributed by atoms with E-state index >= 15 is 0 Å². The van der Waals surface area contributed by atoms with Gasteiger partial charge in [-0.15, -0.1) is 0 Å². The van der Waals surface area contributed by atoms with Crippen LogP contribution in [0.15, 0.2) is 18.2 Å². The average Bonchev–Trinajstić information content (AvgIpc) is 2.43. The van der Waals surface area contributed by atoms with E-state index < -0.39 is 30.8 Å². The van der Waals surface area contributed by atoms with E-state index in [-0.39, 0.29) is 0 Å². The van der Waals surface area contributed by atoms with Crippen molar-refractivity contribution in [1.29, 1.82) is 0 Å². The highest BCUT2D eigenvalue weighted by Crippen LogP contribution is 2.26. The Morgan fingerprint density at radius 2 is 1.95 bits per heavy atom. The Morgan fingerprint density at radius 1 is 1.32 bits per heavy atom. The Balaban J connectivity index is 2.69. The van der Waals surface area contributed by atoms with E-state index in [4.69, 9.17) is 4.74 Å². The van der Waals surface area contributed by atoms with E-state index in [2.05, 4.69) is 10.1 Å². The molecule has 4 nitrogen and oxygen atoms in total. The summed E-state index contributed by atoms with van der Waals surface area (Å²) in [7, 11) is 1.51. The summed E-state index contributed by atoms with van der Waals surface area (Å²) in [6, 6.07) is 5.08. The van der Waals surface area contributed by atoms with Gasteiger partial charge in [0.15, 0.2) is 0 Å². The summed E-state index contributed by atoms with van der Waals surface area (Å²) in [4.78, 5) is 11.9. The summed E-state index contributed by atoms with van der Waals surface area (Å²) in [5, 5.41) is 2.62. The van der Waals surface area contributed by atoms with Crippen molar-refractivity contribution in [3.8, 4) is 5.75 Å². The van der Waals surface area contributed by atoms with Crippen molar-refractivity contribution in [3.63, 3.8) is 0 Å². The molecule has 2 atom stereocenters. The van der Waals surface area contributed by atoms with Crippen molar-refractivity contribution in [2.45, 2.75) is 39.1 Å². The Labute approximate surface area is 127 Å². The lowest BCUT2D eigenvalue weighted by molar-refractivity contribution is -0.185. The van der Waals surface area contributed by atoms with Crippen LogP contribution in [0.3, 0.4) is 0 Å². The number of methoxy groups -OCH3 is 1. The average molecular weight is 319 g/mol. The molecule has 0 aliphatic carbocycles. The van der Waals surface area contributed by atoms with Crippen molar-refractivity contribution in [2.75, 3.05) is 13.7 Å². The number of rotatable bonds is 6. The first-order chi connectivity index (χ1) is 10.1. The van der Waals surface area contributed by atoms with Gasteiger partial charge in [0, 0.05) is 5.56 Å². The Kier molecular flexibility index (Phi) is 6.22. The van der Waals surface area contributed by atoms with Crippen molar-refractivity contribution >= 4 is 5.91 Å². The van der Waals surface area contributed by atoms with Gasteiger partial charge in [-0.1, -0.05) is 17.7 Å². The lowest BCUT2D eigenvalue weighted by Crippen LogP contribution is -2.37. The maximum absolute atomic E-state index is 12.1. The predicted octanol–water partition coefficient (Wildman–Crippen LogP) is 3.15. The highest BCUT2D eigenvalue weighted by atomic mass is 19.4. The van der Waals surface area contributed by atoms with Crippen LogP contribution in [0.4, 0.5) is 13.2 Å². The van der Waals surface area contributed by atoms with Crippen LogP contribution in [-0.4, -0.2) is 31.9 Å². The standard InChI is InChI=1S/C15H20F3NO3/c1-9-5-6-13(21-4)12(7-9)10(2)19-14(20)11(3)22-8-15(16,17)18/h5-7,10-11H,8H2,1-4H3,(H,19,20)/t10-,11+/m0/s1. The number of benzene rings is 1. The van der Waals surface area contributed by atoms with Gasteiger partial charge in [-0.2, -0.15) is 13.2 Å². The quantitative estimate of drug-likeness (QED) is 0.876. The summed E-state index contributed by atoms with van der Waals surface area (Å²) in [5.41, 5.74) is 1.73. The van der Waals surface area contributed by atoms with Crippen LogP contribution < -0.4 is 10.1 Å². The van der Waals surface area contributed by atoms with Gasteiger partial charge >= 0.3 is 6.18 Å². The van der Waals surface area contributed by atoms with Gasteiger partial charge in [-0.25, -0.2) is 0 Å². The fraction of sp³-hybridized carbons (Fsp3) is 0.533. The molecule has 0 aliphatic heterocycles. The zero-order valence-corrected chi connectivity index (χ0v) is 13.0. The number of carbonyl (C=O) groups is 1. The lowest BCUT2D eigenvalue weighted by atomic mass is 10.0. The number of aryl methyl sites for hydroxylation is 1. The highest BCUT2D eigenvalue weighted by Gasteiger charge is 2.30. The van der Waals surface area contributed by atoms with Crippen LogP contribution in [-0.2, 0) is 9.53 Å². The van der Waals surface area contributed by atoms with E-state index in [0.717, 1.165) is 11.1 Å². The molecule has 1 amide bonds. The van der Waals surface area contributed by atoms with E-state index in [9.17, 15) is 18.0 Å². The molecule has 1 aromatic carbocycles. The molecule has 0 saturated heterocycles. The molecule has 0 spiro atoms. The van der Waals surface area contributed by atoms with Gasteiger partial charge in [0.2, 0.25) is 5.91 Å². The maximum atomic E-state index is 12.1. The molecule has 124 valence electrons. The molecule has 1 N–H and O–H groups in total. The summed E-state index contributed by atoms with van der Waals surface area (Å²) >= 11 is 0. The molecular weight excluding hydrogens is 299 g/mol. The van der Waals surface area contributed by atoms with Crippen molar-refractivity contribution < 1.29 is 27.4 Å². The minimum absolute atomic E-state index is 0.417. The smallest absolute Gasteiger partial charge is 0.411 e. The van der Waals surface area contributed by atoms with E-state index in [1.54, 1.807) is 13.0 Å². The first-order valence-electron chi connectivity index (χ1n) is 6.77. The number of halogens is 3. The van der Waals surface area contributed by atoms with Crippen molar-refractivity contribution in [1.82, 2.24) is 5.32 Å². The zero-order chi connectivity index (χ0) is 16.9. The van der Waals surface area contributed by atoms with Crippen LogP contribution in [0, 0.1) is 6.92 Å². The van der Waals surface area contributed by atoms with E-state index in [0.29, 0.717) is 5.75 Å². The van der Waals surface area contributed by atoms with E-state index in [1.165, 1.54) is 14.0 Å². The predicted molar refractivity (Wildman–Crippen MR) is 75.8 cm³/mol. The summed E-state index contributed by atoms with van der Waals surface area (Å²) in [5.74, 6) is -0.0115. The summed E-state index contributed by atoms with van der Waals surface area (Å²) in [6.45, 7) is 3.45. The Bertz CT molecular complexity index is 517. The molecule has 0 heterocycles. The molecule has 0 radical (unpaired) electrons. The third kappa shape index (κ3) is 5.55. The third-order valence-electron chi connectivity index (χ3n) is 3.08. The molecule has 0 unspecified atom stereocenters. The SMILES string of the molecule is COc1ccc(C)cc1[C@H](C)NC(=O)[C@@H](C)OCC(F)(F)F. The van der Waals surface area contributed by atoms with Crippen LogP contribution in [0.2, 0.25) is 0 Å². The molecule has 0 aromatic heterocycles. The molecule has 0 fully saturated rings. The fourth-order valence-corrected chi connectivity index (χ4v) is 1.90. The minimum atomic E-state index is -4.46. The zero-order valence-electron chi connectivity index (χ0n) is 13.0. The van der Waals surface area contributed by atoms with Crippen molar-refractivity contribution in [2.24, 2.45) is 0 Å². The number of carbonyl (C=O) groups excluding carboxylic acids is 1. The second-order valence-electron chi connectivity index (χ2n) is 5.04. The largest absolute Gasteiger partial charge is 0.496 e. The topological polar surface area (TPSA) is 47.6 Å². The molecule has 0 aliphatic rings. The highest BCUT2D eigenvalue weighted by molar-refractivity contribution is 5.80. The Morgan fingerprint density at radius 3 is 2.50 bits per heavy atom. The minimum Gasteiger partial charge on any atom is -0.496 e. The van der Waals surface area contributed by atoms with Gasteiger partial charge in [0.05, 0.1) is 13.2 Å². The number of hydrogen-bond donors (Lipinski definition) is 1. The number of amides is 1. The second-order valence-corrected chi connectivity index (χ2v) is 5.04. The lowest BCUT2D eigenvalue weighted by Gasteiger charge is -2.20. The molecule has 22 heavy (non-hydrogen) atoms. The normalized spacial score (nSPS) is 14.3. The second kappa shape index (κ2) is 7.49.